The van der Waals surface area contributed by atoms with Crippen molar-refractivity contribution in [3.8, 4) is 5.75 Å². The first-order valence-corrected chi connectivity index (χ1v) is 7.07. The topological polar surface area (TPSA) is 35.2 Å². The number of nitrogens with two attached hydrogens (primary N) is 1. The van der Waals surface area contributed by atoms with Crippen LogP contribution in [0.25, 0.3) is 0 Å². The van der Waals surface area contributed by atoms with Gasteiger partial charge in [-0.3, -0.25) is 0 Å². The molecular formula is C14H18BrNO. The lowest BCUT2D eigenvalue weighted by atomic mass is 9.92. The molecule has 0 amide bonds. The number of benzene rings is 1. The van der Waals surface area contributed by atoms with Gasteiger partial charge < -0.3 is 10.5 Å². The van der Waals surface area contributed by atoms with Gasteiger partial charge in [0.15, 0.2) is 0 Å². The summed E-state index contributed by atoms with van der Waals surface area (Å²) in [6, 6.07) is 4.58. The highest BCUT2D eigenvalue weighted by molar-refractivity contribution is 9.10. The first kappa shape index (κ1) is 11.5. The Morgan fingerprint density at radius 2 is 2.24 bits per heavy atom. The van der Waals surface area contributed by atoms with Gasteiger partial charge in [-0.05, 0) is 47.9 Å². The van der Waals surface area contributed by atoms with Crippen molar-refractivity contribution >= 4 is 15.9 Å². The largest absolute Gasteiger partial charge is 0.493 e. The zero-order chi connectivity index (χ0) is 12.0. The molecule has 17 heavy (non-hydrogen) atoms. The molecule has 0 saturated heterocycles. The molecule has 1 aliphatic carbocycles. The summed E-state index contributed by atoms with van der Waals surface area (Å²) in [5.41, 5.74) is 9.28. The first-order valence-electron chi connectivity index (χ1n) is 6.28. The van der Waals surface area contributed by atoms with Crippen molar-refractivity contribution in [2.75, 3.05) is 6.61 Å². The molecule has 2 N–H and O–H groups in total. The SMILES string of the molecule is CC1(C(N)Cc2cc(Br)cc3c2OCC3)CC1. The van der Waals surface area contributed by atoms with Gasteiger partial charge >= 0.3 is 0 Å². The molecule has 1 heterocycles. The van der Waals surface area contributed by atoms with Gasteiger partial charge in [0, 0.05) is 16.9 Å². The van der Waals surface area contributed by atoms with Gasteiger partial charge in [-0.15, -0.1) is 0 Å². The summed E-state index contributed by atoms with van der Waals surface area (Å²) in [5, 5.41) is 0. The number of fused-ring (bicyclic) bond motifs is 1. The second-order valence-electron chi connectivity index (χ2n) is 5.62. The highest BCUT2D eigenvalue weighted by Crippen LogP contribution is 2.48. The Kier molecular flexibility index (Phi) is 2.71. The first-order chi connectivity index (χ1) is 8.08. The quantitative estimate of drug-likeness (QED) is 0.930. The average molecular weight is 296 g/mol. The summed E-state index contributed by atoms with van der Waals surface area (Å²) in [7, 11) is 0. The predicted octanol–water partition coefficient (Wildman–Crippen LogP) is 3.05. The molecule has 0 aromatic heterocycles. The third kappa shape index (κ3) is 2.11. The van der Waals surface area contributed by atoms with Crippen LogP contribution < -0.4 is 10.5 Å². The number of rotatable bonds is 3. The van der Waals surface area contributed by atoms with Crippen molar-refractivity contribution in [3.63, 3.8) is 0 Å². The highest BCUT2D eigenvalue weighted by atomic mass is 79.9. The Labute approximate surface area is 111 Å². The van der Waals surface area contributed by atoms with Gasteiger partial charge in [-0.2, -0.15) is 0 Å². The average Bonchev–Trinajstić information content (AvgIpc) is 2.86. The maximum absolute atomic E-state index is 6.32. The maximum Gasteiger partial charge on any atom is 0.125 e. The zero-order valence-electron chi connectivity index (χ0n) is 10.1. The Balaban J connectivity index is 1.87. The van der Waals surface area contributed by atoms with Gasteiger partial charge in [0.25, 0.3) is 0 Å². The zero-order valence-corrected chi connectivity index (χ0v) is 11.7. The van der Waals surface area contributed by atoms with E-state index in [-0.39, 0.29) is 6.04 Å². The van der Waals surface area contributed by atoms with Gasteiger partial charge in [0.2, 0.25) is 0 Å². The molecule has 2 nitrogen and oxygen atoms in total. The molecule has 0 bridgehead atoms. The van der Waals surface area contributed by atoms with Crippen molar-refractivity contribution in [2.45, 2.75) is 38.6 Å². The van der Waals surface area contributed by atoms with E-state index < -0.39 is 0 Å². The Bertz CT molecular complexity index is 454. The molecule has 1 fully saturated rings. The van der Waals surface area contributed by atoms with E-state index >= 15 is 0 Å². The van der Waals surface area contributed by atoms with Crippen LogP contribution in [0.4, 0.5) is 0 Å². The van der Waals surface area contributed by atoms with E-state index in [4.69, 9.17) is 10.5 Å². The number of hydrogen-bond acceptors (Lipinski definition) is 2. The third-order valence-corrected chi connectivity index (χ3v) is 4.66. The fraction of sp³-hybridized carbons (Fsp3) is 0.571. The van der Waals surface area contributed by atoms with Crippen LogP contribution in [0.3, 0.4) is 0 Å². The summed E-state index contributed by atoms with van der Waals surface area (Å²) >= 11 is 3.58. The number of hydrogen-bond donors (Lipinski definition) is 1. The van der Waals surface area contributed by atoms with Crippen LogP contribution in [0, 0.1) is 5.41 Å². The third-order valence-electron chi connectivity index (χ3n) is 4.20. The van der Waals surface area contributed by atoms with E-state index in [0.29, 0.717) is 5.41 Å². The standard InChI is InChI=1S/C14H18BrNO/c1-14(3-4-14)12(16)8-10-7-11(15)6-9-2-5-17-13(9)10/h6-7,12H,2-5,8,16H2,1H3. The lowest BCUT2D eigenvalue weighted by molar-refractivity contribution is 0.349. The van der Waals surface area contributed by atoms with Gasteiger partial charge in [-0.25, -0.2) is 0 Å². The molecule has 1 aromatic rings. The minimum absolute atomic E-state index is 0.255. The Morgan fingerprint density at radius 1 is 1.47 bits per heavy atom. The fourth-order valence-corrected chi connectivity index (χ4v) is 3.10. The van der Waals surface area contributed by atoms with Crippen LogP contribution in [0.1, 0.15) is 30.9 Å². The molecule has 1 unspecified atom stereocenters. The van der Waals surface area contributed by atoms with E-state index in [1.54, 1.807) is 0 Å². The highest BCUT2D eigenvalue weighted by Gasteiger charge is 2.43. The van der Waals surface area contributed by atoms with E-state index in [1.165, 1.54) is 24.0 Å². The molecule has 3 rings (SSSR count). The van der Waals surface area contributed by atoms with Crippen molar-refractivity contribution in [2.24, 2.45) is 11.1 Å². The second kappa shape index (κ2) is 3.99. The van der Waals surface area contributed by atoms with Crippen molar-refractivity contribution in [1.82, 2.24) is 0 Å². The molecule has 1 aromatic carbocycles. The maximum atomic E-state index is 6.32. The van der Waals surface area contributed by atoms with Crippen LogP contribution in [0.5, 0.6) is 5.75 Å². The molecule has 0 radical (unpaired) electrons. The summed E-state index contributed by atoms with van der Waals surface area (Å²) in [6.45, 7) is 3.10. The molecular weight excluding hydrogens is 278 g/mol. The monoisotopic (exact) mass is 295 g/mol. The van der Waals surface area contributed by atoms with Crippen LogP contribution in [-0.2, 0) is 12.8 Å². The molecule has 1 aliphatic heterocycles. The predicted molar refractivity (Wildman–Crippen MR) is 72.4 cm³/mol. The Morgan fingerprint density at radius 3 is 2.94 bits per heavy atom. The van der Waals surface area contributed by atoms with Crippen LogP contribution in [0.15, 0.2) is 16.6 Å². The van der Waals surface area contributed by atoms with Crippen molar-refractivity contribution in [3.05, 3.63) is 27.7 Å². The number of ether oxygens (including phenoxy) is 1. The van der Waals surface area contributed by atoms with Gasteiger partial charge in [0.1, 0.15) is 5.75 Å². The van der Waals surface area contributed by atoms with Gasteiger partial charge in [-0.1, -0.05) is 22.9 Å². The molecule has 2 aliphatic rings. The van der Waals surface area contributed by atoms with Crippen molar-refractivity contribution < 1.29 is 4.74 Å². The van der Waals surface area contributed by atoms with E-state index in [0.717, 1.165) is 29.7 Å². The fourth-order valence-electron chi connectivity index (χ4n) is 2.55. The lowest BCUT2D eigenvalue weighted by Crippen LogP contribution is -2.32. The van der Waals surface area contributed by atoms with Gasteiger partial charge in [0.05, 0.1) is 6.61 Å². The van der Waals surface area contributed by atoms with Crippen LogP contribution in [0.2, 0.25) is 0 Å². The molecule has 92 valence electrons. The Hall–Kier alpha value is -0.540. The molecule has 1 atom stereocenters. The second-order valence-corrected chi connectivity index (χ2v) is 6.53. The molecule has 3 heteroatoms. The summed E-state index contributed by atoms with van der Waals surface area (Å²) in [4.78, 5) is 0. The van der Waals surface area contributed by atoms with E-state index in [9.17, 15) is 0 Å². The van der Waals surface area contributed by atoms with E-state index in [1.807, 2.05) is 0 Å². The van der Waals surface area contributed by atoms with E-state index in [2.05, 4.69) is 35.0 Å². The summed E-state index contributed by atoms with van der Waals surface area (Å²) in [5.74, 6) is 1.09. The molecule has 0 spiro atoms. The van der Waals surface area contributed by atoms with Crippen LogP contribution in [-0.4, -0.2) is 12.6 Å². The smallest absolute Gasteiger partial charge is 0.125 e. The van der Waals surface area contributed by atoms with Crippen molar-refractivity contribution in [1.29, 1.82) is 0 Å². The normalized spacial score (nSPS) is 21.8. The molecule has 1 saturated carbocycles. The van der Waals surface area contributed by atoms with Crippen LogP contribution >= 0.6 is 15.9 Å². The minimum Gasteiger partial charge on any atom is -0.493 e. The lowest BCUT2D eigenvalue weighted by Gasteiger charge is -2.20. The summed E-state index contributed by atoms with van der Waals surface area (Å²) in [6.07, 6.45) is 4.49. The summed E-state index contributed by atoms with van der Waals surface area (Å²) < 4.78 is 6.89. The number of halogens is 1. The minimum atomic E-state index is 0.255.